The van der Waals surface area contributed by atoms with Crippen molar-refractivity contribution in [3.8, 4) is 11.5 Å². The van der Waals surface area contributed by atoms with Gasteiger partial charge in [0.1, 0.15) is 23.7 Å². The average molecular weight is 397 g/mol. The van der Waals surface area contributed by atoms with E-state index in [0.29, 0.717) is 23.5 Å². The number of hydrogen-bond donors (Lipinski definition) is 1. The van der Waals surface area contributed by atoms with E-state index in [1.54, 1.807) is 25.1 Å². The zero-order chi connectivity index (χ0) is 20.6. The first kappa shape index (κ1) is 20.3. The molecule has 1 aromatic heterocycles. The number of hydrogen-bond acceptors (Lipinski definition) is 6. The molecule has 0 radical (unpaired) electrons. The number of para-hydroxylation sites is 1. The third kappa shape index (κ3) is 5.28. The summed E-state index contributed by atoms with van der Waals surface area (Å²) in [6, 6.07) is 14.5. The van der Waals surface area contributed by atoms with E-state index >= 15 is 0 Å². The monoisotopic (exact) mass is 397 g/mol. The van der Waals surface area contributed by atoms with E-state index in [4.69, 9.17) is 18.6 Å². The Kier molecular flexibility index (Phi) is 6.73. The number of furan rings is 1. The highest BCUT2D eigenvalue weighted by Gasteiger charge is 2.19. The summed E-state index contributed by atoms with van der Waals surface area (Å²) >= 11 is 0. The number of aryl methyl sites for hydroxylation is 1. The van der Waals surface area contributed by atoms with Crippen LogP contribution in [0, 0.1) is 6.92 Å². The molecule has 0 fully saturated rings. The van der Waals surface area contributed by atoms with E-state index in [1.165, 1.54) is 0 Å². The fourth-order valence-electron chi connectivity index (χ4n) is 2.77. The molecule has 0 aliphatic carbocycles. The van der Waals surface area contributed by atoms with Crippen LogP contribution in [0.3, 0.4) is 0 Å². The molecule has 0 aliphatic rings. The van der Waals surface area contributed by atoms with Gasteiger partial charge in [0.25, 0.3) is 5.91 Å². The number of fused-ring (bicyclic) bond motifs is 1. The Morgan fingerprint density at radius 2 is 1.69 bits per heavy atom. The lowest BCUT2D eigenvalue weighted by atomic mass is 10.1. The number of benzene rings is 2. The largest absolute Gasteiger partial charge is 0.494 e. The van der Waals surface area contributed by atoms with Crippen molar-refractivity contribution in [1.29, 1.82) is 0 Å². The summed E-state index contributed by atoms with van der Waals surface area (Å²) in [5.74, 6) is 0.476. The number of ether oxygens (including phenoxy) is 3. The van der Waals surface area contributed by atoms with Gasteiger partial charge in [0.2, 0.25) is 5.76 Å². The maximum atomic E-state index is 12.2. The fraction of sp³-hybridized carbons (Fsp3) is 0.273. The van der Waals surface area contributed by atoms with Crippen molar-refractivity contribution in [1.82, 2.24) is 5.32 Å². The second-order valence-corrected chi connectivity index (χ2v) is 6.23. The van der Waals surface area contributed by atoms with Crippen molar-refractivity contribution in [3.05, 3.63) is 59.9 Å². The van der Waals surface area contributed by atoms with Crippen LogP contribution in [0.25, 0.3) is 11.0 Å². The predicted octanol–water partition coefficient (Wildman–Crippen LogP) is 3.49. The number of rotatable bonds is 9. The zero-order valence-electron chi connectivity index (χ0n) is 16.4. The SMILES string of the molecule is CCOc1ccc(OCCNC(=O)COC(=O)c2oc3ccccc3c2C)cc1. The van der Waals surface area contributed by atoms with Gasteiger partial charge >= 0.3 is 5.97 Å². The summed E-state index contributed by atoms with van der Waals surface area (Å²) in [7, 11) is 0. The minimum absolute atomic E-state index is 0.109. The van der Waals surface area contributed by atoms with E-state index in [0.717, 1.165) is 11.1 Å². The van der Waals surface area contributed by atoms with Crippen LogP contribution >= 0.6 is 0 Å². The van der Waals surface area contributed by atoms with Crippen molar-refractivity contribution in [2.75, 3.05) is 26.4 Å². The van der Waals surface area contributed by atoms with Gasteiger partial charge in [0.05, 0.1) is 13.2 Å². The Hall–Kier alpha value is -3.48. The van der Waals surface area contributed by atoms with Gasteiger partial charge in [-0.1, -0.05) is 18.2 Å². The molecule has 3 rings (SSSR count). The molecule has 1 N–H and O–H groups in total. The van der Waals surface area contributed by atoms with E-state index in [9.17, 15) is 9.59 Å². The minimum atomic E-state index is -0.667. The lowest BCUT2D eigenvalue weighted by Gasteiger charge is -2.09. The summed E-state index contributed by atoms with van der Waals surface area (Å²) in [5.41, 5.74) is 1.29. The summed E-state index contributed by atoms with van der Waals surface area (Å²) in [5, 5.41) is 3.48. The highest BCUT2D eigenvalue weighted by Crippen LogP contribution is 2.25. The van der Waals surface area contributed by atoms with Crippen LogP contribution in [0.5, 0.6) is 11.5 Å². The maximum Gasteiger partial charge on any atom is 0.375 e. The third-order valence-corrected chi connectivity index (χ3v) is 4.19. The van der Waals surface area contributed by atoms with E-state index in [1.807, 2.05) is 37.3 Å². The highest BCUT2D eigenvalue weighted by atomic mass is 16.5. The molecular formula is C22H23NO6. The van der Waals surface area contributed by atoms with Crippen molar-refractivity contribution in [2.45, 2.75) is 13.8 Å². The standard InChI is InChI=1S/C22H23NO6/c1-3-26-16-8-10-17(11-9-16)27-13-12-23-20(24)14-28-22(25)21-15(2)18-6-4-5-7-19(18)29-21/h4-11H,3,12-14H2,1-2H3,(H,23,24). The first-order valence-corrected chi connectivity index (χ1v) is 9.36. The summed E-state index contributed by atoms with van der Waals surface area (Å²) in [6.45, 7) is 4.48. The average Bonchev–Trinajstić information content (AvgIpc) is 3.08. The molecule has 1 heterocycles. The number of nitrogens with one attached hydrogen (secondary N) is 1. The van der Waals surface area contributed by atoms with Crippen molar-refractivity contribution in [2.24, 2.45) is 0 Å². The van der Waals surface area contributed by atoms with Crippen LogP contribution in [-0.4, -0.2) is 38.2 Å². The molecule has 0 unspecified atom stereocenters. The molecule has 0 aliphatic heterocycles. The predicted molar refractivity (Wildman–Crippen MR) is 107 cm³/mol. The quantitative estimate of drug-likeness (QED) is 0.439. The first-order valence-electron chi connectivity index (χ1n) is 9.36. The normalized spacial score (nSPS) is 10.6. The number of carbonyl (C=O) groups is 2. The van der Waals surface area contributed by atoms with Gasteiger partial charge in [-0.05, 0) is 44.2 Å². The van der Waals surface area contributed by atoms with Crippen LogP contribution in [0.2, 0.25) is 0 Å². The van der Waals surface area contributed by atoms with Crippen molar-refractivity contribution in [3.63, 3.8) is 0 Å². The van der Waals surface area contributed by atoms with E-state index in [2.05, 4.69) is 5.32 Å². The van der Waals surface area contributed by atoms with Gasteiger partial charge in [-0.15, -0.1) is 0 Å². The van der Waals surface area contributed by atoms with Crippen LogP contribution in [0.1, 0.15) is 23.0 Å². The van der Waals surface area contributed by atoms with Gasteiger partial charge in [-0.25, -0.2) is 4.79 Å². The van der Waals surface area contributed by atoms with Crippen molar-refractivity contribution >= 4 is 22.8 Å². The molecule has 0 bridgehead atoms. The van der Waals surface area contributed by atoms with Crippen LogP contribution < -0.4 is 14.8 Å². The molecule has 0 spiro atoms. The van der Waals surface area contributed by atoms with Gasteiger partial charge in [-0.3, -0.25) is 4.79 Å². The summed E-state index contributed by atoms with van der Waals surface area (Å²) in [6.07, 6.45) is 0. The Morgan fingerprint density at radius 3 is 2.38 bits per heavy atom. The third-order valence-electron chi connectivity index (χ3n) is 4.19. The molecule has 2 aromatic carbocycles. The second kappa shape index (κ2) is 9.64. The van der Waals surface area contributed by atoms with Crippen LogP contribution in [0.4, 0.5) is 0 Å². The smallest absolute Gasteiger partial charge is 0.375 e. The molecule has 3 aromatic rings. The molecular weight excluding hydrogens is 374 g/mol. The Balaban J connectivity index is 1.39. The topological polar surface area (TPSA) is 87.0 Å². The fourth-order valence-corrected chi connectivity index (χ4v) is 2.77. The van der Waals surface area contributed by atoms with Gasteiger partial charge in [-0.2, -0.15) is 0 Å². The molecule has 29 heavy (non-hydrogen) atoms. The van der Waals surface area contributed by atoms with Crippen molar-refractivity contribution < 1.29 is 28.2 Å². The molecule has 7 heteroatoms. The maximum absolute atomic E-state index is 12.2. The molecule has 152 valence electrons. The Labute approximate surface area is 168 Å². The number of carbonyl (C=O) groups excluding carboxylic acids is 2. The van der Waals surface area contributed by atoms with Crippen LogP contribution in [0.15, 0.2) is 52.9 Å². The van der Waals surface area contributed by atoms with Gasteiger partial charge in [0, 0.05) is 10.9 Å². The Morgan fingerprint density at radius 1 is 1.00 bits per heavy atom. The molecule has 7 nitrogen and oxygen atoms in total. The summed E-state index contributed by atoms with van der Waals surface area (Å²) in [4.78, 5) is 24.1. The van der Waals surface area contributed by atoms with E-state index in [-0.39, 0.29) is 18.9 Å². The Bertz CT molecular complexity index is 977. The second-order valence-electron chi connectivity index (χ2n) is 6.23. The van der Waals surface area contributed by atoms with E-state index < -0.39 is 18.5 Å². The lowest BCUT2D eigenvalue weighted by Crippen LogP contribution is -2.32. The highest BCUT2D eigenvalue weighted by molar-refractivity contribution is 5.96. The number of amides is 1. The van der Waals surface area contributed by atoms with Crippen LogP contribution in [-0.2, 0) is 9.53 Å². The molecule has 0 atom stereocenters. The lowest BCUT2D eigenvalue weighted by molar-refractivity contribution is -0.124. The van der Waals surface area contributed by atoms with Gasteiger partial charge < -0.3 is 23.9 Å². The van der Waals surface area contributed by atoms with Gasteiger partial charge in [0.15, 0.2) is 6.61 Å². The first-order chi connectivity index (χ1) is 14.1. The zero-order valence-corrected chi connectivity index (χ0v) is 16.4. The molecule has 1 amide bonds. The minimum Gasteiger partial charge on any atom is -0.494 e. The summed E-state index contributed by atoms with van der Waals surface area (Å²) < 4.78 is 21.5. The molecule has 0 saturated carbocycles. The molecule has 0 saturated heterocycles. The number of esters is 1.